The fourth-order valence-corrected chi connectivity index (χ4v) is 4.23. The van der Waals surface area contributed by atoms with Gasteiger partial charge in [0.1, 0.15) is 6.04 Å². The molecular weight excluding hydrogens is 428 g/mol. The fraction of sp³-hybridized carbons (Fsp3) is 0.893. The quantitative estimate of drug-likeness (QED) is 0.144. The Bertz CT molecular complexity index is 525. The Morgan fingerprint density at radius 1 is 0.618 bits per heavy atom. The van der Waals surface area contributed by atoms with Crippen LogP contribution in [0.5, 0.6) is 0 Å². The number of hydrogen-bond donors (Lipinski definition) is 2. The summed E-state index contributed by atoms with van der Waals surface area (Å²) in [7, 11) is 1.46. The number of unbranched alkanes of at least 4 members (excludes halogenated alkanes) is 18. The third-order valence-corrected chi connectivity index (χ3v) is 6.73. The van der Waals surface area contributed by atoms with E-state index >= 15 is 0 Å². The average molecular weight is 483 g/mol. The third kappa shape index (κ3) is 20.0. The van der Waals surface area contributed by atoms with Crippen LogP contribution in [-0.4, -0.2) is 40.9 Å². The summed E-state index contributed by atoms with van der Waals surface area (Å²) in [6, 6.07) is -1.06. The van der Waals surface area contributed by atoms with Crippen molar-refractivity contribution < 1.29 is 19.5 Å². The van der Waals surface area contributed by atoms with Gasteiger partial charge in [-0.1, -0.05) is 122 Å². The van der Waals surface area contributed by atoms with Crippen molar-refractivity contribution in [1.82, 2.24) is 4.90 Å². The second-order valence-corrected chi connectivity index (χ2v) is 9.94. The highest BCUT2D eigenvalue weighted by atomic mass is 16.4. The van der Waals surface area contributed by atoms with E-state index in [1.807, 2.05) is 0 Å². The van der Waals surface area contributed by atoms with Gasteiger partial charge in [-0.25, -0.2) is 0 Å². The molecule has 0 aliphatic heterocycles. The number of nitrogens with zero attached hydrogens (tertiary/aromatic N) is 1. The van der Waals surface area contributed by atoms with Crippen LogP contribution in [0.25, 0.3) is 0 Å². The largest absolute Gasteiger partial charge is 0.480 e. The van der Waals surface area contributed by atoms with Crippen molar-refractivity contribution in [1.29, 1.82) is 0 Å². The van der Waals surface area contributed by atoms with E-state index < -0.39 is 12.0 Å². The highest BCUT2D eigenvalue weighted by Crippen LogP contribution is 2.15. The van der Waals surface area contributed by atoms with Gasteiger partial charge in [0.15, 0.2) is 0 Å². The Labute approximate surface area is 209 Å². The van der Waals surface area contributed by atoms with E-state index in [9.17, 15) is 14.4 Å². The second-order valence-electron chi connectivity index (χ2n) is 9.94. The highest BCUT2D eigenvalue weighted by Gasteiger charge is 2.19. The van der Waals surface area contributed by atoms with Crippen molar-refractivity contribution in [2.24, 2.45) is 5.73 Å². The summed E-state index contributed by atoms with van der Waals surface area (Å²) in [6.45, 7) is 2.27. The van der Waals surface area contributed by atoms with E-state index in [0.29, 0.717) is 6.42 Å². The molecule has 0 radical (unpaired) electrons. The first-order valence-corrected chi connectivity index (χ1v) is 14.2. The van der Waals surface area contributed by atoms with Crippen molar-refractivity contribution in [3.8, 4) is 0 Å². The van der Waals surface area contributed by atoms with Gasteiger partial charge in [0.2, 0.25) is 11.8 Å². The predicted molar refractivity (Wildman–Crippen MR) is 141 cm³/mol. The number of imide groups is 1. The molecule has 0 aliphatic carbocycles. The van der Waals surface area contributed by atoms with Crippen molar-refractivity contribution in [2.45, 2.75) is 154 Å². The van der Waals surface area contributed by atoms with Crippen molar-refractivity contribution >= 4 is 17.8 Å². The van der Waals surface area contributed by atoms with Gasteiger partial charge in [-0.2, -0.15) is 0 Å². The summed E-state index contributed by atoms with van der Waals surface area (Å²) in [5.74, 6) is -1.68. The highest BCUT2D eigenvalue weighted by molar-refractivity contribution is 5.95. The summed E-state index contributed by atoms with van der Waals surface area (Å²) in [6.07, 6.45) is 25.3. The molecule has 0 saturated heterocycles. The predicted octanol–water partition coefficient (Wildman–Crippen LogP) is 6.99. The Morgan fingerprint density at radius 3 is 1.29 bits per heavy atom. The monoisotopic (exact) mass is 482 g/mol. The number of nitrogens with two attached hydrogens (primary N) is 1. The minimum atomic E-state index is -1.13. The summed E-state index contributed by atoms with van der Waals surface area (Å²) in [5, 5.41) is 8.75. The van der Waals surface area contributed by atoms with Crippen molar-refractivity contribution in [3.05, 3.63) is 0 Å². The lowest BCUT2D eigenvalue weighted by atomic mass is 10.0. The number of hydrogen-bond acceptors (Lipinski definition) is 4. The molecular formula is C28H54N2O4. The maximum atomic E-state index is 12.1. The number of amides is 2. The normalized spacial score (nSPS) is 12.0. The molecule has 0 rings (SSSR count). The molecule has 2 amide bonds. The first kappa shape index (κ1) is 32.6. The van der Waals surface area contributed by atoms with Gasteiger partial charge in [-0.05, 0) is 12.8 Å². The third-order valence-electron chi connectivity index (χ3n) is 6.73. The second kappa shape index (κ2) is 23.3. The van der Waals surface area contributed by atoms with E-state index in [4.69, 9.17) is 10.8 Å². The summed E-state index contributed by atoms with van der Waals surface area (Å²) >= 11 is 0. The van der Waals surface area contributed by atoms with Crippen LogP contribution in [0.15, 0.2) is 0 Å². The minimum absolute atomic E-state index is 0.0189. The first-order valence-electron chi connectivity index (χ1n) is 14.2. The average Bonchev–Trinajstić information content (AvgIpc) is 2.82. The Balaban J connectivity index is 3.40. The molecule has 200 valence electrons. The lowest BCUT2D eigenvalue weighted by Gasteiger charge is -2.16. The van der Waals surface area contributed by atoms with Gasteiger partial charge in [0, 0.05) is 19.9 Å². The van der Waals surface area contributed by atoms with Gasteiger partial charge < -0.3 is 10.8 Å². The van der Waals surface area contributed by atoms with Crippen molar-refractivity contribution in [3.63, 3.8) is 0 Å². The maximum absolute atomic E-state index is 12.1. The standard InChI is InChI=1S/C28H54N2O4/c1-3-4-5-6-7-8-9-10-11-12-13-14-15-16-17-18-19-20-21-22-26(31)30(2)27(32)24-23-25(29)28(33)34/h25H,3-24,29H2,1-2H3,(H,33,34)/t25-/m1/s1. The number of aliphatic carboxylic acids is 1. The molecule has 6 heteroatoms. The van der Waals surface area contributed by atoms with E-state index in [-0.39, 0.29) is 24.7 Å². The first-order chi connectivity index (χ1) is 16.4. The van der Waals surface area contributed by atoms with Crippen LogP contribution in [0.2, 0.25) is 0 Å². The maximum Gasteiger partial charge on any atom is 0.320 e. The molecule has 0 spiro atoms. The zero-order valence-corrected chi connectivity index (χ0v) is 22.3. The molecule has 0 heterocycles. The lowest BCUT2D eigenvalue weighted by molar-refractivity contribution is -0.143. The van der Waals surface area contributed by atoms with Gasteiger partial charge >= 0.3 is 5.97 Å². The molecule has 0 aromatic heterocycles. The van der Waals surface area contributed by atoms with Gasteiger partial charge in [0.25, 0.3) is 0 Å². The summed E-state index contributed by atoms with van der Waals surface area (Å²) < 4.78 is 0. The van der Waals surface area contributed by atoms with Crippen LogP contribution in [-0.2, 0) is 14.4 Å². The molecule has 0 fully saturated rings. The van der Waals surface area contributed by atoms with Crippen LogP contribution < -0.4 is 5.73 Å². The molecule has 0 aliphatic rings. The summed E-state index contributed by atoms with van der Waals surface area (Å²) in [5.41, 5.74) is 5.40. The number of rotatable bonds is 24. The van der Waals surface area contributed by atoms with Crippen LogP contribution in [0, 0.1) is 0 Å². The van der Waals surface area contributed by atoms with E-state index in [0.717, 1.165) is 24.2 Å². The SMILES string of the molecule is CCCCCCCCCCCCCCCCCCCCCC(=O)N(C)C(=O)CC[C@@H](N)C(=O)O. The molecule has 0 aromatic rings. The number of carboxylic acid groups (broad SMARTS) is 1. The Kier molecular flexibility index (Phi) is 22.3. The Morgan fingerprint density at radius 2 is 0.941 bits per heavy atom. The molecule has 0 unspecified atom stereocenters. The van der Waals surface area contributed by atoms with Crippen molar-refractivity contribution in [2.75, 3.05) is 7.05 Å². The molecule has 0 bridgehead atoms. The summed E-state index contributed by atoms with van der Waals surface area (Å²) in [4.78, 5) is 35.9. The van der Waals surface area contributed by atoms with E-state index in [2.05, 4.69) is 6.92 Å². The zero-order chi connectivity index (χ0) is 25.4. The fourth-order valence-electron chi connectivity index (χ4n) is 4.23. The topological polar surface area (TPSA) is 101 Å². The zero-order valence-electron chi connectivity index (χ0n) is 22.3. The molecule has 0 aromatic carbocycles. The molecule has 0 saturated carbocycles. The Hall–Kier alpha value is -1.43. The molecule has 1 atom stereocenters. The van der Waals surface area contributed by atoms with E-state index in [1.165, 1.54) is 110 Å². The number of carbonyl (C=O) groups excluding carboxylic acids is 2. The van der Waals surface area contributed by atoms with Gasteiger partial charge in [-0.3, -0.25) is 19.3 Å². The molecule has 34 heavy (non-hydrogen) atoms. The number of carboxylic acids is 1. The smallest absolute Gasteiger partial charge is 0.320 e. The molecule has 6 nitrogen and oxygen atoms in total. The van der Waals surface area contributed by atoms with Crippen LogP contribution in [0.1, 0.15) is 148 Å². The number of carbonyl (C=O) groups is 3. The van der Waals surface area contributed by atoms with Crippen LogP contribution in [0.4, 0.5) is 0 Å². The minimum Gasteiger partial charge on any atom is -0.480 e. The van der Waals surface area contributed by atoms with Crippen LogP contribution >= 0.6 is 0 Å². The lowest BCUT2D eigenvalue weighted by Crippen LogP contribution is -2.36. The molecule has 3 N–H and O–H groups in total. The van der Waals surface area contributed by atoms with E-state index in [1.54, 1.807) is 0 Å². The van der Waals surface area contributed by atoms with Crippen LogP contribution in [0.3, 0.4) is 0 Å². The van der Waals surface area contributed by atoms with Gasteiger partial charge in [0.05, 0.1) is 0 Å². The van der Waals surface area contributed by atoms with Gasteiger partial charge in [-0.15, -0.1) is 0 Å².